The molecule has 0 aromatic heterocycles. The van der Waals surface area contributed by atoms with Gasteiger partial charge in [-0.3, -0.25) is 9.59 Å². The Morgan fingerprint density at radius 1 is 0.508 bits per heavy atom. The lowest BCUT2D eigenvalue weighted by Crippen LogP contribution is -2.55. The summed E-state index contributed by atoms with van der Waals surface area (Å²) in [5.41, 5.74) is 0. The summed E-state index contributed by atoms with van der Waals surface area (Å²) in [6, 6.07) is -0.732. The van der Waals surface area contributed by atoms with Crippen LogP contribution in [0.2, 0.25) is 0 Å². The Hall–Kier alpha value is -2.97. The third-order valence-electron chi connectivity index (χ3n) is 10.5. The molecule has 0 saturated carbocycles. The first-order valence-electron chi connectivity index (χ1n) is 23.9. The Morgan fingerprint density at radius 3 is 1.41 bits per heavy atom. The minimum atomic E-state index is -1.13. The number of rotatable bonds is 42. The number of unbranched alkanes of at least 4 members (excludes halogenated alkanes) is 21. The molecule has 0 spiro atoms. The Bertz CT molecular complexity index is 1150. The molecule has 340 valence electrons. The van der Waals surface area contributed by atoms with Crippen LogP contribution in [0.15, 0.2) is 60.8 Å². The summed E-state index contributed by atoms with van der Waals surface area (Å²) >= 11 is 0. The number of nitrogens with zero attached hydrogens (tertiary/aromatic N) is 1. The number of allylic oxidation sites excluding steroid dienone is 10. The number of quaternary nitrogens is 1. The third kappa shape index (κ3) is 40.2. The highest BCUT2D eigenvalue weighted by atomic mass is 16.6. The molecule has 2 atom stereocenters. The summed E-state index contributed by atoms with van der Waals surface area (Å²) in [7, 11) is 5.40. The molecule has 0 N–H and O–H groups in total. The minimum absolute atomic E-state index is 0.0294. The van der Waals surface area contributed by atoms with Crippen LogP contribution in [-0.2, 0) is 28.6 Å². The van der Waals surface area contributed by atoms with E-state index >= 15 is 0 Å². The van der Waals surface area contributed by atoms with Gasteiger partial charge in [0.2, 0.25) is 0 Å². The molecule has 2 unspecified atom stereocenters. The van der Waals surface area contributed by atoms with E-state index in [0.29, 0.717) is 12.8 Å². The lowest BCUT2D eigenvalue weighted by atomic mass is 10.1. The van der Waals surface area contributed by atoms with Gasteiger partial charge in [-0.15, -0.1) is 0 Å². The molecule has 0 aromatic carbocycles. The van der Waals surface area contributed by atoms with E-state index in [-0.39, 0.29) is 42.7 Å². The predicted molar refractivity (Wildman–Crippen MR) is 245 cm³/mol. The SMILES string of the molecule is CCCCC/C=C/C=C/C=C/C=C/CCCCCCCC(=O)OCC(COCCC(C(=O)[O-])[N+](C)(C)C)OC(=O)CCCCCCCCC/C=C/CCCCCCCC. The van der Waals surface area contributed by atoms with Gasteiger partial charge in [-0.2, -0.15) is 0 Å². The van der Waals surface area contributed by atoms with Crippen molar-refractivity contribution in [3.63, 3.8) is 0 Å². The minimum Gasteiger partial charge on any atom is -0.544 e. The largest absolute Gasteiger partial charge is 0.544 e. The first kappa shape index (κ1) is 56.0. The van der Waals surface area contributed by atoms with Crippen LogP contribution in [-0.4, -0.2) is 75.5 Å². The fourth-order valence-corrected chi connectivity index (χ4v) is 6.72. The fourth-order valence-electron chi connectivity index (χ4n) is 6.72. The Kier molecular flexibility index (Phi) is 39.6. The predicted octanol–water partition coefficient (Wildman–Crippen LogP) is 12.0. The maximum atomic E-state index is 12.7. The van der Waals surface area contributed by atoms with Crippen molar-refractivity contribution < 1.29 is 38.2 Å². The van der Waals surface area contributed by atoms with Crippen LogP contribution in [0, 0.1) is 0 Å². The van der Waals surface area contributed by atoms with Gasteiger partial charge in [0, 0.05) is 19.3 Å². The van der Waals surface area contributed by atoms with Gasteiger partial charge in [0.1, 0.15) is 12.6 Å². The van der Waals surface area contributed by atoms with Gasteiger partial charge < -0.3 is 28.6 Å². The van der Waals surface area contributed by atoms with E-state index in [4.69, 9.17) is 14.2 Å². The lowest BCUT2D eigenvalue weighted by molar-refractivity contribution is -0.889. The maximum absolute atomic E-state index is 12.7. The van der Waals surface area contributed by atoms with Crippen LogP contribution < -0.4 is 5.11 Å². The molecular formula is C51H89NO7. The summed E-state index contributed by atoms with van der Waals surface area (Å²) in [6.07, 6.45) is 50.9. The number of esters is 2. The molecule has 0 aliphatic carbocycles. The summed E-state index contributed by atoms with van der Waals surface area (Å²) in [5, 5.41) is 11.6. The molecular weight excluding hydrogens is 739 g/mol. The van der Waals surface area contributed by atoms with Crippen molar-refractivity contribution in [2.75, 3.05) is 41.0 Å². The second-order valence-electron chi connectivity index (χ2n) is 17.1. The Labute approximate surface area is 362 Å². The monoisotopic (exact) mass is 828 g/mol. The van der Waals surface area contributed by atoms with Crippen molar-refractivity contribution in [1.29, 1.82) is 0 Å². The molecule has 0 amide bonds. The molecule has 0 bridgehead atoms. The van der Waals surface area contributed by atoms with E-state index in [9.17, 15) is 19.5 Å². The molecule has 0 aliphatic rings. The van der Waals surface area contributed by atoms with Gasteiger partial charge in [-0.05, 0) is 64.2 Å². The normalized spacial score (nSPS) is 13.4. The van der Waals surface area contributed by atoms with Crippen LogP contribution in [0.25, 0.3) is 0 Å². The van der Waals surface area contributed by atoms with Gasteiger partial charge in [-0.1, -0.05) is 171 Å². The van der Waals surface area contributed by atoms with E-state index in [0.717, 1.165) is 64.2 Å². The van der Waals surface area contributed by atoms with Crippen molar-refractivity contribution in [3.8, 4) is 0 Å². The van der Waals surface area contributed by atoms with Crippen molar-refractivity contribution in [1.82, 2.24) is 0 Å². The smallest absolute Gasteiger partial charge is 0.306 e. The van der Waals surface area contributed by atoms with Gasteiger partial charge >= 0.3 is 11.9 Å². The molecule has 0 radical (unpaired) electrons. The molecule has 0 heterocycles. The van der Waals surface area contributed by atoms with Crippen LogP contribution in [0.3, 0.4) is 0 Å². The zero-order valence-corrected chi connectivity index (χ0v) is 38.7. The Morgan fingerprint density at radius 2 is 0.915 bits per heavy atom. The number of carboxylic acids is 1. The van der Waals surface area contributed by atoms with Crippen LogP contribution >= 0.6 is 0 Å². The summed E-state index contributed by atoms with van der Waals surface area (Å²) < 4.78 is 17.2. The average molecular weight is 828 g/mol. The van der Waals surface area contributed by atoms with Gasteiger partial charge in [0.05, 0.1) is 40.3 Å². The first-order valence-corrected chi connectivity index (χ1v) is 23.9. The van der Waals surface area contributed by atoms with Crippen molar-refractivity contribution >= 4 is 17.9 Å². The van der Waals surface area contributed by atoms with Crippen molar-refractivity contribution in [2.24, 2.45) is 0 Å². The highest BCUT2D eigenvalue weighted by Crippen LogP contribution is 2.14. The summed E-state index contributed by atoms with van der Waals surface area (Å²) in [6.45, 7) is 4.59. The topological polar surface area (TPSA) is 102 Å². The standard InChI is InChI=1S/C51H89NO7/c1-6-8-10-12-14-16-18-20-22-24-26-27-29-31-33-35-37-39-41-49(53)58-46-47(45-57-44-43-48(51(55)56)52(3,4)5)59-50(54)42-40-38-36-34-32-30-28-25-23-21-19-17-15-13-11-9-7-2/h14,16,18,20-24,26-27,47-48H,6-13,15,17,19,25,28-46H2,1-5H3/b16-14+,20-18+,23-21+,24-22+,27-26+. The summed E-state index contributed by atoms with van der Waals surface area (Å²) in [5.74, 6) is -1.77. The molecule has 0 rings (SSSR count). The Balaban J connectivity index is 4.37. The fraction of sp³-hybridized carbons (Fsp3) is 0.745. The molecule has 8 heteroatoms. The molecule has 8 nitrogen and oxygen atoms in total. The highest BCUT2D eigenvalue weighted by Gasteiger charge is 2.25. The van der Waals surface area contributed by atoms with E-state index in [1.165, 1.54) is 96.3 Å². The first-order chi connectivity index (χ1) is 28.6. The molecule has 59 heavy (non-hydrogen) atoms. The maximum Gasteiger partial charge on any atom is 0.306 e. The van der Waals surface area contributed by atoms with E-state index < -0.39 is 18.1 Å². The van der Waals surface area contributed by atoms with Gasteiger partial charge in [0.25, 0.3) is 0 Å². The molecule has 0 fully saturated rings. The molecule has 0 saturated heterocycles. The second kappa shape index (κ2) is 41.8. The van der Waals surface area contributed by atoms with Crippen LogP contribution in [0.5, 0.6) is 0 Å². The number of likely N-dealkylation sites (N-methyl/N-ethyl adjacent to an activating group) is 1. The van der Waals surface area contributed by atoms with Gasteiger partial charge in [0.15, 0.2) is 6.10 Å². The molecule has 0 aromatic rings. The van der Waals surface area contributed by atoms with Gasteiger partial charge in [-0.25, -0.2) is 0 Å². The third-order valence-corrected chi connectivity index (χ3v) is 10.5. The van der Waals surface area contributed by atoms with E-state index in [1.54, 1.807) is 21.1 Å². The number of carboxylic acid groups (broad SMARTS) is 1. The van der Waals surface area contributed by atoms with Crippen LogP contribution in [0.4, 0.5) is 0 Å². The summed E-state index contributed by atoms with van der Waals surface area (Å²) in [4.78, 5) is 36.9. The number of hydrogen-bond acceptors (Lipinski definition) is 7. The second-order valence-corrected chi connectivity index (χ2v) is 17.1. The lowest BCUT2D eigenvalue weighted by Gasteiger charge is -2.34. The average Bonchev–Trinajstić information content (AvgIpc) is 3.19. The number of ether oxygens (including phenoxy) is 3. The zero-order chi connectivity index (χ0) is 43.5. The quantitative estimate of drug-likeness (QED) is 0.0198. The number of aliphatic carboxylic acids is 1. The highest BCUT2D eigenvalue weighted by molar-refractivity contribution is 5.70. The van der Waals surface area contributed by atoms with Crippen LogP contribution in [0.1, 0.15) is 194 Å². The number of carbonyl (C=O) groups is 3. The van der Waals surface area contributed by atoms with Crippen molar-refractivity contribution in [2.45, 2.75) is 206 Å². The molecule has 0 aliphatic heterocycles. The van der Waals surface area contributed by atoms with E-state index in [1.807, 2.05) is 0 Å². The van der Waals surface area contributed by atoms with E-state index in [2.05, 4.69) is 74.6 Å². The zero-order valence-electron chi connectivity index (χ0n) is 38.7. The number of carbonyl (C=O) groups excluding carboxylic acids is 3. The number of hydrogen-bond donors (Lipinski definition) is 0. The van der Waals surface area contributed by atoms with Crippen molar-refractivity contribution in [3.05, 3.63) is 60.8 Å².